The molecule has 0 radical (unpaired) electrons. The van der Waals surface area contributed by atoms with Gasteiger partial charge in [-0.1, -0.05) is 18.2 Å². The molecule has 0 amide bonds. The highest BCUT2D eigenvalue weighted by Gasteiger charge is 2.55. The average molecular weight is 318 g/mol. The highest BCUT2D eigenvalue weighted by Crippen LogP contribution is 2.51. The molecule has 4 nitrogen and oxygen atoms in total. The van der Waals surface area contributed by atoms with Crippen molar-refractivity contribution in [3.63, 3.8) is 0 Å². The Kier molecular flexibility index (Phi) is 4.95. The monoisotopic (exact) mass is 318 g/mol. The van der Waals surface area contributed by atoms with E-state index in [0.717, 1.165) is 45.5 Å². The minimum absolute atomic E-state index is 0.0214. The number of piperidine rings is 1. The summed E-state index contributed by atoms with van der Waals surface area (Å²) in [6.07, 6.45) is 3.00. The predicted molar refractivity (Wildman–Crippen MR) is 93.8 cm³/mol. The van der Waals surface area contributed by atoms with E-state index in [1.165, 1.54) is 11.3 Å². The first-order valence-corrected chi connectivity index (χ1v) is 8.84. The van der Waals surface area contributed by atoms with E-state index in [0.29, 0.717) is 0 Å². The van der Waals surface area contributed by atoms with E-state index in [1.807, 2.05) is 6.92 Å². The van der Waals surface area contributed by atoms with Crippen molar-refractivity contribution in [2.24, 2.45) is 5.41 Å². The lowest BCUT2D eigenvalue weighted by molar-refractivity contribution is -0.209. The highest BCUT2D eigenvalue weighted by molar-refractivity contribution is 5.52. The van der Waals surface area contributed by atoms with Crippen LogP contribution >= 0.6 is 0 Å². The first kappa shape index (κ1) is 16.7. The Bertz CT molecular complexity index is 522. The molecule has 2 fully saturated rings. The molecule has 1 aromatic rings. The molecule has 4 heteroatoms. The fraction of sp³-hybridized carbons (Fsp3) is 0.684. The Hall–Kier alpha value is -1.10. The van der Waals surface area contributed by atoms with Crippen LogP contribution in [0, 0.1) is 5.41 Å². The first-order valence-electron chi connectivity index (χ1n) is 8.84. The van der Waals surface area contributed by atoms with Crippen molar-refractivity contribution in [1.29, 1.82) is 0 Å². The van der Waals surface area contributed by atoms with Gasteiger partial charge >= 0.3 is 0 Å². The van der Waals surface area contributed by atoms with E-state index in [4.69, 9.17) is 4.74 Å². The number of aliphatic hydroxyl groups is 1. The van der Waals surface area contributed by atoms with Gasteiger partial charge in [0.25, 0.3) is 0 Å². The maximum Gasteiger partial charge on any atom is 0.0681 e. The zero-order valence-corrected chi connectivity index (χ0v) is 14.7. The molecule has 128 valence electrons. The molecule has 2 unspecified atom stereocenters. The van der Waals surface area contributed by atoms with Crippen molar-refractivity contribution >= 4 is 5.69 Å². The third-order valence-corrected chi connectivity index (χ3v) is 5.76. The van der Waals surface area contributed by atoms with Crippen molar-refractivity contribution < 1.29 is 9.84 Å². The molecule has 1 aromatic carbocycles. The number of rotatable bonds is 5. The van der Waals surface area contributed by atoms with Gasteiger partial charge in [0.15, 0.2) is 0 Å². The lowest BCUT2D eigenvalue weighted by Gasteiger charge is -2.56. The van der Waals surface area contributed by atoms with Gasteiger partial charge in [-0.15, -0.1) is 0 Å². The van der Waals surface area contributed by atoms with E-state index in [1.54, 1.807) is 0 Å². The molecule has 3 rings (SSSR count). The maximum atomic E-state index is 10.3. The minimum Gasteiger partial charge on any atom is -0.392 e. The van der Waals surface area contributed by atoms with Gasteiger partial charge < -0.3 is 14.7 Å². The number of hydrogen-bond acceptors (Lipinski definition) is 4. The van der Waals surface area contributed by atoms with E-state index in [2.05, 4.69) is 48.2 Å². The van der Waals surface area contributed by atoms with Crippen LogP contribution in [-0.2, 0) is 11.3 Å². The fourth-order valence-electron chi connectivity index (χ4n) is 4.27. The van der Waals surface area contributed by atoms with Crippen LogP contribution in [0.1, 0.15) is 31.7 Å². The van der Waals surface area contributed by atoms with Crippen LogP contribution in [0.4, 0.5) is 5.69 Å². The normalized spacial score (nSPS) is 27.0. The van der Waals surface area contributed by atoms with Crippen LogP contribution in [-0.4, -0.2) is 56.0 Å². The summed E-state index contributed by atoms with van der Waals surface area (Å²) in [5.41, 5.74) is 2.70. The van der Waals surface area contributed by atoms with Gasteiger partial charge in [0, 0.05) is 44.8 Å². The fourth-order valence-corrected chi connectivity index (χ4v) is 4.27. The molecule has 1 aliphatic heterocycles. The van der Waals surface area contributed by atoms with Crippen LogP contribution in [0.2, 0.25) is 0 Å². The summed E-state index contributed by atoms with van der Waals surface area (Å²) in [6, 6.07) is 8.62. The number of para-hydroxylation sites is 1. The number of ether oxygens (including phenoxy) is 1. The molecule has 1 saturated heterocycles. The summed E-state index contributed by atoms with van der Waals surface area (Å²) in [4.78, 5) is 4.70. The van der Waals surface area contributed by atoms with Gasteiger partial charge in [-0.25, -0.2) is 0 Å². The molecular formula is C19H30N2O2. The smallest absolute Gasteiger partial charge is 0.0681 e. The topological polar surface area (TPSA) is 35.9 Å². The Morgan fingerprint density at radius 3 is 2.57 bits per heavy atom. The summed E-state index contributed by atoms with van der Waals surface area (Å²) < 4.78 is 5.86. The molecule has 23 heavy (non-hydrogen) atoms. The predicted octanol–water partition coefficient (Wildman–Crippen LogP) is 2.50. The Labute approximate surface area is 140 Å². The number of anilines is 1. The largest absolute Gasteiger partial charge is 0.392 e. The SMILES string of the molecule is CCOC1CC(O)C12CCN(Cc1ccccc1N(C)C)CC2. The highest BCUT2D eigenvalue weighted by atomic mass is 16.5. The number of benzene rings is 1. The van der Waals surface area contributed by atoms with Crippen LogP contribution in [0.25, 0.3) is 0 Å². The van der Waals surface area contributed by atoms with Gasteiger partial charge in [0.05, 0.1) is 12.2 Å². The molecule has 1 heterocycles. The Balaban J connectivity index is 1.62. The van der Waals surface area contributed by atoms with E-state index in [9.17, 15) is 5.11 Å². The van der Waals surface area contributed by atoms with Gasteiger partial charge in [-0.05, 0) is 44.5 Å². The number of nitrogens with zero attached hydrogens (tertiary/aromatic N) is 2. The standard InChI is InChI=1S/C19H30N2O2/c1-4-23-18-13-17(22)19(18)9-11-21(12-10-19)14-15-7-5-6-8-16(15)20(2)3/h5-8,17-18,22H,4,9-14H2,1-3H3. The second-order valence-electron chi connectivity index (χ2n) is 7.23. The van der Waals surface area contributed by atoms with Gasteiger partial charge in [-0.2, -0.15) is 0 Å². The molecule has 0 bridgehead atoms. The molecule has 1 N–H and O–H groups in total. The maximum absolute atomic E-state index is 10.3. The molecule has 0 aromatic heterocycles. The number of likely N-dealkylation sites (tertiary alicyclic amines) is 1. The lowest BCUT2D eigenvalue weighted by atomic mass is 9.58. The van der Waals surface area contributed by atoms with Gasteiger partial charge in [0.1, 0.15) is 0 Å². The Morgan fingerprint density at radius 2 is 1.96 bits per heavy atom. The summed E-state index contributed by atoms with van der Waals surface area (Å²) in [6.45, 7) is 5.87. The Morgan fingerprint density at radius 1 is 1.26 bits per heavy atom. The second kappa shape index (κ2) is 6.80. The van der Waals surface area contributed by atoms with Crippen molar-refractivity contribution in [2.75, 3.05) is 38.7 Å². The molecule has 1 spiro atoms. The zero-order chi connectivity index (χ0) is 16.4. The average Bonchev–Trinajstić information content (AvgIpc) is 2.56. The van der Waals surface area contributed by atoms with E-state index >= 15 is 0 Å². The molecule has 2 aliphatic rings. The van der Waals surface area contributed by atoms with Crippen LogP contribution in [0.15, 0.2) is 24.3 Å². The van der Waals surface area contributed by atoms with Crippen molar-refractivity contribution in [3.05, 3.63) is 29.8 Å². The van der Waals surface area contributed by atoms with E-state index in [-0.39, 0.29) is 17.6 Å². The quantitative estimate of drug-likeness (QED) is 0.905. The van der Waals surface area contributed by atoms with Crippen LogP contribution in [0.5, 0.6) is 0 Å². The summed E-state index contributed by atoms with van der Waals surface area (Å²) >= 11 is 0. The third-order valence-electron chi connectivity index (χ3n) is 5.76. The van der Waals surface area contributed by atoms with Crippen molar-refractivity contribution in [2.45, 2.75) is 44.9 Å². The van der Waals surface area contributed by atoms with Crippen molar-refractivity contribution in [3.8, 4) is 0 Å². The van der Waals surface area contributed by atoms with Gasteiger partial charge in [-0.3, -0.25) is 4.90 Å². The molecule has 2 atom stereocenters. The number of aliphatic hydroxyl groups excluding tert-OH is 1. The molecule has 1 saturated carbocycles. The summed E-state index contributed by atoms with van der Waals surface area (Å²) in [5, 5.41) is 10.3. The van der Waals surface area contributed by atoms with Gasteiger partial charge in [0.2, 0.25) is 0 Å². The second-order valence-corrected chi connectivity index (χ2v) is 7.23. The zero-order valence-electron chi connectivity index (χ0n) is 14.7. The summed E-state index contributed by atoms with van der Waals surface area (Å²) in [7, 11) is 4.20. The minimum atomic E-state index is -0.171. The van der Waals surface area contributed by atoms with Crippen molar-refractivity contribution in [1.82, 2.24) is 4.90 Å². The molecular weight excluding hydrogens is 288 g/mol. The third kappa shape index (κ3) is 3.12. The number of hydrogen-bond donors (Lipinski definition) is 1. The lowest BCUT2D eigenvalue weighted by Crippen LogP contribution is -2.62. The van der Waals surface area contributed by atoms with E-state index < -0.39 is 0 Å². The summed E-state index contributed by atoms with van der Waals surface area (Å²) in [5.74, 6) is 0. The molecule has 1 aliphatic carbocycles. The van der Waals surface area contributed by atoms with Crippen LogP contribution < -0.4 is 4.90 Å². The first-order chi connectivity index (χ1) is 11.1. The van der Waals surface area contributed by atoms with Crippen LogP contribution in [0.3, 0.4) is 0 Å².